The number of carboxylic acid groups (broad SMARTS) is 1. The maximum atomic E-state index is 12.3. The van der Waals surface area contributed by atoms with Crippen molar-refractivity contribution in [3.05, 3.63) is 16.3 Å². The highest BCUT2D eigenvalue weighted by Gasteiger charge is 2.35. The van der Waals surface area contributed by atoms with Crippen molar-refractivity contribution in [1.82, 2.24) is 4.72 Å². The molecule has 0 amide bonds. The number of carbonyl (C=O) groups is 1. The molecule has 0 spiro atoms. The summed E-state index contributed by atoms with van der Waals surface area (Å²) < 4.78 is 27.4. The number of thiophene rings is 1. The molecule has 0 aliphatic heterocycles. The average molecular weight is 317 g/mol. The Morgan fingerprint density at radius 3 is 2.70 bits per heavy atom. The molecule has 1 saturated carbocycles. The minimum atomic E-state index is -3.65. The standard InChI is InChI=1S/C13H19NO4S2/c1-13(2)6-4-3-5-11(13)14-20(17,18)9-7-10(12(15)16)19-8-9/h7-8,11,14H,3-6H2,1-2H3,(H,15,16). The highest BCUT2D eigenvalue weighted by Crippen LogP contribution is 2.36. The third-order valence-electron chi connectivity index (χ3n) is 3.90. The van der Waals surface area contributed by atoms with Crippen LogP contribution in [-0.4, -0.2) is 25.5 Å². The summed E-state index contributed by atoms with van der Waals surface area (Å²) in [6.45, 7) is 4.13. The number of aromatic carboxylic acids is 1. The van der Waals surface area contributed by atoms with E-state index in [1.54, 1.807) is 0 Å². The monoisotopic (exact) mass is 317 g/mol. The smallest absolute Gasteiger partial charge is 0.345 e. The fraction of sp³-hybridized carbons (Fsp3) is 0.615. The van der Waals surface area contributed by atoms with Crippen LogP contribution in [0.1, 0.15) is 49.2 Å². The van der Waals surface area contributed by atoms with Gasteiger partial charge in [0.2, 0.25) is 10.0 Å². The van der Waals surface area contributed by atoms with Gasteiger partial charge in [0.05, 0.1) is 4.90 Å². The van der Waals surface area contributed by atoms with Gasteiger partial charge in [-0.3, -0.25) is 0 Å². The summed E-state index contributed by atoms with van der Waals surface area (Å²) in [7, 11) is -3.65. The lowest BCUT2D eigenvalue weighted by Gasteiger charge is -2.38. The van der Waals surface area contributed by atoms with Crippen molar-refractivity contribution in [2.24, 2.45) is 5.41 Å². The van der Waals surface area contributed by atoms with Gasteiger partial charge in [-0.1, -0.05) is 26.7 Å². The molecule has 0 aromatic carbocycles. The number of nitrogens with one attached hydrogen (secondary N) is 1. The fourth-order valence-corrected chi connectivity index (χ4v) is 5.09. The first-order valence-corrected chi connectivity index (χ1v) is 8.93. The summed E-state index contributed by atoms with van der Waals surface area (Å²) in [5.41, 5.74) is -0.0725. The molecule has 5 nitrogen and oxygen atoms in total. The lowest BCUT2D eigenvalue weighted by Crippen LogP contribution is -2.46. The first-order chi connectivity index (χ1) is 9.22. The molecule has 1 atom stereocenters. The third-order valence-corrected chi connectivity index (χ3v) is 6.42. The number of rotatable bonds is 4. The summed E-state index contributed by atoms with van der Waals surface area (Å²) in [5, 5.41) is 10.2. The first kappa shape index (κ1) is 15.5. The van der Waals surface area contributed by atoms with E-state index in [4.69, 9.17) is 5.11 Å². The van der Waals surface area contributed by atoms with Crippen LogP contribution in [-0.2, 0) is 10.0 Å². The summed E-state index contributed by atoms with van der Waals surface area (Å²) in [4.78, 5) is 10.9. The van der Waals surface area contributed by atoms with Crippen molar-refractivity contribution in [3.63, 3.8) is 0 Å². The molecular formula is C13H19NO4S2. The van der Waals surface area contributed by atoms with Crippen LogP contribution >= 0.6 is 11.3 Å². The van der Waals surface area contributed by atoms with E-state index in [0.717, 1.165) is 37.0 Å². The van der Waals surface area contributed by atoms with Gasteiger partial charge in [0, 0.05) is 11.4 Å². The molecule has 1 aromatic heterocycles. The zero-order chi connectivity index (χ0) is 15.0. The molecule has 1 fully saturated rings. The molecule has 7 heteroatoms. The molecule has 0 radical (unpaired) electrons. The SMILES string of the molecule is CC1(C)CCCCC1NS(=O)(=O)c1csc(C(=O)O)c1. The van der Waals surface area contributed by atoms with E-state index in [1.807, 2.05) is 0 Å². The molecule has 112 valence electrons. The zero-order valence-corrected chi connectivity index (χ0v) is 13.2. The van der Waals surface area contributed by atoms with Gasteiger partial charge < -0.3 is 5.11 Å². The Morgan fingerprint density at radius 2 is 2.15 bits per heavy atom. The largest absolute Gasteiger partial charge is 0.477 e. The number of hydrogen-bond donors (Lipinski definition) is 2. The van der Waals surface area contributed by atoms with Gasteiger partial charge in [-0.25, -0.2) is 17.9 Å². The highest BCUT2D eigenvalue weighted by atomic mass is 32.2. The summed E-state index contributed by atoms with van der Waals surface area (Å²) in [6, 6.07) is 1.11. The molecule has 0 saturated heterocycles. The van der Waals surface area contributed by atoms with Crippen LogP contribution in [0.2, 0.25) is 0 Å². The Labute approximate surface area is 123 Å². The van der Waals surface area contributed by atoms with Gasteiger partial charge in [-0.2, -0.15) is 0 Å². The lowest BCUT2D eigenvalue weighted by molar-refractivity contribution is 0.0702. The predicted octanol–water partition coefficient (Wildman–Crippen LogP) is 2.69. The molecule has 0 bridgehead atoms. The first-order valence-electron chi connectivity index (χ1n) is 6.56. The van der Waals surface area contributed by atoms with Crippen molar-refractivity contribution in [3.8, 4) is 0 Å². The van der Waals surface area contributed by atoms with Gasteiger partial charge >= 0.3 is 5.97 Å². The predicted molar refractivity (Wildman–Crippen MR) is 77.6 cm³/mol. The van der Waals surface area contributed by atoms with Crippen molar-refractivity contribution in [2.75, 3.05) is 0 Å². The number of sulfonamides is 1. The van der Waals surface area contributed by atoms with Crippen molar-refractivity contribution < 1.29 is 18.3 Å². The van der Waals surface area contributed by atoms with E-state index < -0.39 is 16.0 Å². The molecule has 1 aliphatic rings. The Bertz CT molecular complexity index is 604. The van der Waals surface area contributed by atoms with Crippen LogP contribution in [0.15, 0.2) is 16.3 Å². The third kappa shape index (κ3) is 3.21. The maximum Gasteiger partial charge on any atom is 0.345 e. The molecule has 20 heavy (non-hydrogen) atoms. The number of hydrogen-bond acceptors (Lipinski definition) is 4. The zero-order valence-electron chi connectivity index (χ0n) is 11.5. The Kier molecular flexibility index (Phi) is 4.22. The Balaban J connectivity index is 2.20. The van der Waals surface area contributed by atoms with Crippen LogP contribution < -0.4 is 4.72 Å². The van der Waals surface area contributed by atoms with E-state index in [2.05, 4.69) is 18.6 Å². The van der Waals surface area contributed by atoms with E-state index in [-0.39, 0.29) is 21.2 Å². The van der Waals surface area contributed by atoms with Gasteiger partial charge in [-0.15, -0.1) is 11.3 Å². The van der Waals surface area contributed by atoms with Crippen LogP contribution in [0.4, 0.5) is 0 Å². The topological polar surface area (TPSA) is 83.5 Å². The molecule has 1 unspecified atom stereocenters. The van der Waals surface area contributed by atoms with E-state index in [9.17, 15) is 13.2 Å². The quantitative estimate of drug-likeness (QED) is 0.894. The maximum absolute atomic E-state index is 12.3. The Morgan fingerprint density at radius 1 is 1.45 bits per heavy atom. The van der Waals surface area contributed by atoms with Crippen LogP contribution in [0.3, 0.4) is 0 Å². The van der Waals surface area contributed by atoms with E-state index in [1.165, 1.54) is 11.4 Å². The fourth-order valence-electron chi connectivity index (χ4n) is 2.54. The van der Waals surface area contributed by atoms with Crippen LogP contribution in [0, 0.1) is 5.41 Å². The summed E-state index contributed by atoms with van der Waals surface area (Å²) in [5.74, 6) is -1.10. The normalized spacial score (nSPS) is 22.6. The van der Waals surface area contributed by atoms with Gasteiger partial charge in [0.25, 0.3) is 0 Å². The van der Waals surface area contributed by atoms with Gasteiger partial charge in [0.15, 0.2) is 0 Å². The van der Waals surface area contributed by atoms with Crippen LogP contribution in [0.5, 0.6) is 0 Å². The van der Waals surface area contributed by atoms with Crippen molar-refractivity contribution >= 4 is 27.3 Å². The molecule has 1 heterocycles. The van der Waals surface area contributed by atoms with Crippen molar-refractivity contribution in [2.45, 2.75) is 50.5 Å². The molecule has 2 rings (SSSR count). The minimum Gasteiger partial charge on any atom is -0.477 e. The van der Waals surface area contributed by atoms with Gasteiger partial charge in [-0.05, 0) is 24.3 Å². The highest BCUT2D eigenvalue weighted by molar-refractivity contribution is 7.89. The second-order valence-corrected chi connectivity index (χ2v) is 8.49. The molecule has 2 N–H and O–H groups in total. The second kappa shape index (κ2) is 5.46. The summed E-state index contributed by atoms with van der Waals surface area (Å²) >= 11 is 0.928. The molecule has 1 aromatic rings. The Hall–Kier alpha value is -0.920. The minimum absolute atomic E-state index is 0.0354. The van der Waals surface area contributed by atoms with Gasteiger partial charge in [0.1, 0.15) is 4.88 Å². The summed E-state index contributed by atoms with van der Waals surface area (Å²) in [6.07, 6.45) is 3.94. The lowest BCUT2D eigenvalue weighted by atomic mass is 9.74. The number of carboxylic acids is 1. The van der Waals surface area contributed by atoms with Crippen molar-refractivity contribution in [1.29, 1.82) is 0 Å². The van der Waals surface area contributed by atoms with E-state index >= 15 is 0 Å². The average Bonchev–Trinajstić information content (AvgIpc) is 2.82. The molecular weight excluding hydrogens is 298 g/mol. The van der Waals surface area contributed by atoms with E-state index in [0.29, 0.717) is 0 Å². The molecule has 1 aliphatic carbocycles. The van der Waals surface area contributed by atoms with Crippen LogP contribution in [0.25, 0.3) is 0 Å². The second-order valence-electron chi connectivity index (χ2n) is 5.86.